The first kappa shape index (κ1) is 17.3. The summed E-state index contributed by atoms with van der Waals surface area (Å²) in [5.74, 6) is 2.05. The Hall–Kier alpha value is -1.50. The van der Waals surface area contributed by atoms with Crippen LogP contribution in [0.15, 0.2) is 12.1 Å². The number of nitrogens with one attached hydrogen (secondary N) is 1. The van der Waals surface area contributed by atoms with E-state index in [1.54, 1.807) is 26.4 Å². The summed E-state index contributed by atoms with van der Waals surface area (Å²) < 4.78 is 16.8. The van der Waals surface area contributed by atoms with E-state index in [4.69, 9.17) is 14.2 Å². The molecule has 1 atom stereocenters. The molecule has 2 saturated heterocycles. The van der Waals surface area contributed by atoms with E-state index in [-0.39, 0.29) is 11.8 Å². The number of methoxy groups -OCH3 is 2. The summed E-state index contributed by atoms with van der Waals surface area (Å²) in [6.45, 7) is 5.57. The molecule has 0 radical (unpaired) electrons. The SMILES string of the molecule is COc1cc(O)cc(OC)c1[C@@H](C1CCOCC1)N1CCNCC1. The molecule has 3 rings (SSSR count). The van der Waals surface area contributed by atoms with Gasteiger partial charge in [0.25, 0.3) is 0 Å². The van der Waals surface area contributed by atoms with E-state index < -0.39 is 0 Å². The highest BCUT2D eigenvalue weighted by molar-refractivity contribution is 5.52. The summed E-state index contributed by atoms with van der Waals surface area (Å²) in [5, 5.41) is 13.4. The fourth-order valence-electron chi connectivity index (χ4n) is 3.92. The number of phenolic OH excluding ortho intramolecular Hbond substituents is 1. The molecule has 1 aromatic rings. The predicted octanol–water partition coefficient (Wildman–Crippen LogP) is 1.78. The van der Waals surface area contributed by atoms with Crippen molar-refractivity contribution in [1.82, 2.24) is 10.2 Å². The Morgan fingerprint density at radius 3 is 2.25 bits per heavy atom. The highest BCUT2D eigenvalue weighted by Gasteiger charge is 2.35. The molecule has 0 amide bonds. The van der Waals surface area contributed by atoms with Gasteiger partial charge in [0.15, 0.2) is 0 Å². The van der Waals surface area contributed by atoms with Crippen LogP contribution in [0.25, 0.3) is 0 Å². The van der Waals surface area contributed by atoms with Crippen LogP contribution in [-0.2, 0) is 4.74 Å². The van der Waals surface area contributed by atoms with Crippen LogP contribution in [0.4, 0.5) is 0 Å². The van der Waals surface area contributed by atoms with Crippen molar-refractivity contribution in [3.05, 3.63) is 17.7 Å². The Morgan fingerprint density at radius 2 is 1.71 bits per heavy atom. The minimum absolute atomic E-state index is 0.165. The van der Waals surface area contributed by atoms with Crippen molar-refractivity contribution in [1.29, 1.82) is 0 Å². The summed E-state index contributed by atoms with van der Waals surface area (Å²) in [4.78, 5) is 2.52. The topological polar surface area (TPSA) is 63.2 Å². The number of aromatic hydroxyl groups is 1. The summed E-state index contributed by atoms with van der Waals surface area (Å²) in [7, 11) is 3.30. The van der Waals surface area contributed by atoms with Crippen LogP contribution in [0, 0.1) is 5.92 Å². The maximum atomic E-state index is 9.98. The molecule has 2 N–H and O–H groups in total. The van der Waals surface area contributed by atoms with E-state index >= 15 is 0 Å². The van der Waals surface area contributed by atoms with Crippen molar-refractivity contribution in [2.75, 3.05) is 53.6 Å². The van der Waals surface area contributed by atoms with Gasteiger partial charge in [-0.1, -0.05) is 0 Å². The average molecular weight is 336 g/mol. The minimum atomic E-state index is 0.165. The Bertz CT molecular complexity index is 497. The van der Waals surface area contributed by atoms with Gasteiger partial charge in [-0.2, -0.15) is 0 Å². The molecule has 2 heterocycles. The molecule has 24 heavy (non-hydrogen) atoms. The van der Waals surface area contributed by atoms with Gasteiger partial charge in [-0.05, 0) is 18.8 Å². The lowest BCUT2D eigenvalue weighted by Gasteiger charge is -2.41. The van der Waals surface area contributed by atoms with E-state index in [0.717, 1.165) is 57.8 Å². The summed E-state index contributed by atoms with van der Waals surface area (Å²) >= 11 is 0. The Kier molecular flexibility index (Phi) is 5.81. The second-order valence-corrected chi connectivity index (χ2v) is 6.44. The molecule has 2 fully saturated rings. The number of hydrogen-bond donors (Lipinski definition) is 2. The van der Waals surface area contributed by atoms with Crippen molar-refractivity contribution >= 4 is 0 Å². The first-order chi connectivity index (χ1) is 11.7. The number of rotatable bonds is 5. The Balaban J connectivity index is 2.03. The van der Waals surface area contributed by atoms with Gasteiger partial charge in [-0.25, -0.2) is 0 Å². The molecule has 2 aliphatic heterocycles. The first-order valence-electron chi connectivity index (χ1n) is 8.72. The Morgan fingerprint density at radius 1 is 1.12 bits per heavy atom. The van der Waals surface area contributed by atoms with Gasteiger partial charge in [0, 0.05) is 57.6 Å². The normalized spacial score (nSPS) is 21.4. The average Bonchev–Trinajstić information content (AvgIpc) is 2.64. The second kappa shape index (κ2) is 8.05. The molecule has 0 bridgehead atoms. The molecular formula is C18H28N2O4. The molecule has 0 spiro atoms. The lowest BCUT2D eigenvalue weighted by atomic mass is 9.84. The fraction of sp³-hybridized carbons (Fsp3) is 0.667. The number of nitrogens with zero attached hydrogens (tertiary/aromatic N) is 1. The van der Waals surface area contributed by atoms with Crippen LogP contribution in [0.5, 0.6) is 17.2 Å². The molecule has 0 aromatic heterocycles. The number of benzene rings is 1. The lowest BCUT2D eigenvalue weighted by molar-refractivity contribution is 0.0199. The van der Waals surface area contributed by atoms with Gasteiger partial charge >= 0.3 is 0 Å². The monoisotopic (exact) mass is 336 g/mol. The number of phenols is 1. The summed E-state index contributed by atoms with van der Waals surface area (Å²) in [5.41, 5.74) is 1.05. The summed E-state index contributed by atoms with van der Waals surface area (Å²) in [6.07, 6.45) is 2.06. The smallest absolute Gasteiger partial charge is 0.131 e. The molecule has 134 valence electrons. The number of hydrogen-bond acceptors (Lipinski definition) is 6. The maximum absolute atomic E-state index is 9.98. The summed E-state index contributed by atoms with van der Waals surface area (Å²) in [6, 6.07) is 3.58. The molecule has 0 saturated carbocycles. The number of ether oxygens (including phenoxy) is 3. The largest absolute Gasteiger partial charge is 0.508 e. The van der Waals surface area contributed by atoms with Gasteiger partial charge in [0.1, 0.15) is 17.2 Å². The third-order valence-corrected chi connectivity index (χ3v) is 5.08. The van der Waals surface area contributed by atoms with Crippen LogP contribution >= 0.6 is 0 Å². The standard InChI is InChI=1S/C18H28N2O4/c1-22-15-11-14(21)12-16(23-2)17(15)18(13-3-9-24-10-4-13)20-7-5-19-6-8-20/h11-13,18-19,21H,3-10H2,1-2H3/t18-/m1/s1. The van der Waals surface area contributed by atoms with E-state index in [1.807, 2.05) is 0 Å². The third kappa shape index (κ3) is 3.61. The van der Waals surface area contributed by atoms with Gasteiger partial charge in [0.2, 0.25) is 0 Å². The quantitative estimate of drug-likeness (QED) is 0.855. The van der Waals surface area contributed by atoms with E-state index in [9.17, 15) is 5.11 Å². The van der Waals surface area contributed by atoms with Crippen molar-refractivity contribution in [2.24, 2.45) is 5.92 Å². The predicted molar refractivity (Wildman–Crippen MR) is 91.9 cm³/mol. The van der Waals surface area contributed by atoms with Gasteiger partial charge in [0.05, 0.1) is 19.8 Å². The highest BCUT2D eigenvalue weighted by atomic mass is 16.5. The van der Waals surface area contributed by atoms with E-state index in [2.05, 4.69) is 10.2 Å². The molecule has 1 aromatic carbocycles. The molecule has 0 unspecified atom stereocenters. The lowest BCUT2D eigenvalue weighted by Crippen LogP contribution is -2.47. The van der Waals surface area contributed by atoms with Crippen molar-refractivity contribution in [3.8, 4) is 17.2 Å². The molecule has 2 aliphatic rings. The minimum Gasteiger partial charge on any atom is -0.508 e. The van der Waals surface area contributed by atoms with Crippen molar-refractivity contribution < 1.29 is 19.3 Å². The van der Waals surface area contributed by atoms with Gasteiger partial charge < -0.3 is 24.6 Å². The zero-order chi connectivity index (χ0) is 16.9. The van der Waals surface area contributed by atoms with Crippen LogP contribution in [0.1, 0.15) is 24.4 Å². The molecule has 6 heteroatoms. The first-order valence-corrected chi connectivity index (χ1v) is 8.72. The second-order valence-electron chi connectivity index (χ2n) is 6.44. The third-order valence-electron chi connectivity index (χ3n) is 5.08. The van der Waals surface area contributed by atoms with Crippen LogP contribution in [0.2, 0.25) is 0 Å². The van der Waals surface area contributed by atoms with E-state index in [1.165, 1.54) is 0 Å². The maximum Gasteiger partial charge on any atom is 0.131 e. The van der Waals surface area contributed by atoms with E-state index in [0.29, 0.717) is 17.4 Å². The van der Waals surface area contributed by atoms with Gasteiger partial charge in [-0.15, -0.1) is 0 Å². The number of piperazine rings is 1. The Labute approximate surface area is 143 Å². The van der Waals surface area contributed by atoms with Crippen LogP contribution in [-0.4, -0.2) is 63.6 Å². The van der Waals surface area contributed by atoms with Crippen LogP contribution in [0.3, 0.4) is 0 Å². The molecule has 6 nitrogen and oxygen atoms in total. The highest BCUT2D eigenvalue weighted by Crippen LogP contribution is 2.45. The molecular weight excluding hydrogens is 308 g/mol. The van der Waals surface area contributed by atoms with Crippen molar-refractivity contribution in [2.45, 2.75) is 18.9 Å². The van der Waals surface area contributed by atoms with Gasteiger partial charge in [-0.3, -0.25) is 4.90 Å². The zero-order valence-electron chi connectivity index (χ0n) is 14.6. The van der Waals surface area contributed by atoms with Crippen LogP contribution < -0.4 is 14.8 Å². The zero-order valence-corrected chi connectivity index (χ0v) is 14.6. The van der Waals surface area contributed by atoms with Crippen molar-refractivity contribution in [3.63, 3.8) is 0 Å². The molecule has 0 aliphatic carbocycles. The fourth-order valence-corrected chi connectivity index (χ4v) is 3.92.